The summed E-state index contributed by atoms with van der Waals surface area (Å²) >= 11 is 1.71. The number of thioether (sulfide) groups is 1. The molecule has 1 aromatic carbocycles. The van der Waals surface area contributed by atoms with Gasteiger partial charge in [0.05, 0.1) is 13.0 Å². The predicted molar refractivity (Wildman–Crippen MR) is 77.2 cm³/mol. The van der Waals surface area contributed by atoms with Crippen LogP contribution >= 0.6 is 11.8 Å². The first kappa shape index (κ1) is 15.6. The summed E-state index contributed by atoms with van der Waals surface area (Å²) in [7, 11) is 0. The molecule has 1 rings (SSSR count). The average molecular weight is 281 g/mol. The maximum atomic E-state index is 11.9. The monoisotopic (exact) mass is 281 g/mol. The topological polar surface area (TPSA) is 55.4 Å². The van der Waals surface area contributed by atoms with Crippen LogP contribution in [0.15, 0.2) is 24.3 Å². The Morgan fingerprint density at radius 1 is 1.37 bits per heavy atom. The molecule has 0 radical (unpaired) electrons. The van der Waals surface area contributed by atoms with Crippen LogP contribution in [0.25, 0.3) is 0 Å². The molecule has 0 saturated heterocycles. The van der Waals surface area contributed by atoms with E-state index in [0.29, 0.717) is 18.7 Å². The molecular formula is C14H19NO3S. The standard InChI is InChI=1S/C14H19NO3S/c1-3-18-13(16)7-8-15-14(17)12-6-4-5-11(9-12)10-19-2/h4-6,9H,3,7-8,10H2,1-2H3,(H,15,17). The summed E-state index contributed by atoms with van der Waals surface area (Å²) in [5, 5.41) is 2.71. The average Bonchev–Trinajstić information content (AvgIpc) is 2.39. The molecule has 5 heteroatoms. The van der Waals surface area contributed by atoms with E-state index in [1.807, 2.05) is 24.5 Å². The van der Waals surface area contributed by atoms with Crippen molar-refractivity contribution in [2.24, 2.45) is 0 Å². The second-order valence-corrected chi connectivity index (χ2v) is 4.81. The van der Waals surface area contributed by atoms with Gasteiger partial charge in [-0.05, 0) is 30.9 Å². The molecule has 1 N–H and O–H groups in total. The van der Waals surface area contributed by atoms with Crippen molar-refractivity contribution in [1.82, 2.24) is 5.32 Å². The Kier molecular flexibility index (Phi) is 7.03. The highest BCUT2D eigenvalue weighted by molar-refractivity contribution is 7.97. The van der Waals surface area contributed by atoms with E-state index in [0.717, 1.165) is 11.3 Å². The van der Waals surface area contributed by atoms with Crippen molar-refractivity contribution in [2.75, 3.05) is 19.4 Å². The summed E-state index contributed by atoms with van der Waals surface area (Å²) in [6, 6.07) is 7.50. The van der Waals surface area contributed by atoms with Crippen LogP contribution < -0.4 is 5.32 Å². The normalized spacial score (nSPS) is 10.0. The fraction of sp³-hybridized carbons (Fsp3) is 0.429. The number of rotatable bonds is 7. The van der Waals surface area contributed by atoms with Gasteiger partial charge in [0.2, 0.25) is 0 Å². The van der Waals surface area contributed by atoms with Crippen LogP contribution in [-0.4, -0.2) is 31.3 Å². The van der Waals surface area contributed by atoms with E-state index in [9.17, 15) is 9.59 Å². The van der Waals surface area contributed by atoms with E-state index < -0.39 is 0 Å². The molecule has 0 aliphatic rings. The molecule has 19 heavy (non-hydrogen) atoms. The number of ether oxygens (including phenoxy) is 1. The number of hydrogen-bond donors (Lipinski definition) is 1. The van der Waals surface area contributed by atoms with E-state index in [2.05, 4.69) is 5.32 Å². The van der Waals surface area contributed by atoms with Crippen LogP contribution in [0.5, 0.6) is 0 Å². The fourth-order valence-corrected chi connectivity index (χ4v) is 2.10. The summed E-state index contributed by atoms with van der Waals surface area (Å²) in [4.78, 5) is 23.0. The summed E-state index contributed by atoms with van der Waals surface area (Å²) < 4.78 is 4.79. The van der Waals surface area contributed by atoms with Gasteiger partial charge in [0.25, 0.3) is 5.91 Å². The van der Waals surface area contributed by atoms with Crippen LogP contribution in [0.1, 0.15) is 29.3 Å². The maximum absolute atomic E-state index is 11.9. The molecule has 0 unspecified atom stereocenters. The lowest BCUT2D eigenvalue weighted by Gasteiger charge is -2.06. The Hall–Kier alpha value is -1.49. The molecule has 0 saturated carbocycles. The molecule has 104 valence electrons. The lowest BCUT2D eigenvalue weighted by molar-refractivity contribution is -0.142. The van der Waals surface area contributed by atoms with Gasteiger partial charge in [-0.3, -0.25) is 9.59 Å². The van der Waals surface area contributed by atoms with Crippen LogP contribution in [-0.2, 0) is 15.3 Å². The van der Waals surface area contributed by atoms with Gasteiger partial charge in [-0.1, -0.05) is 12.1 Å². The highest BCUT2D eigenvalue weighted by Gasteiger charge is 2.07. The summed E-state index contributed by atoms with van der Waals surface area (Å²) in [6.07, 6.45) is 2.22. The Bertz CT molecular complexity index is 434. The molecule has 0 atom stereocenters. The number of hydrogen-bond acceptors (Lipinski definition) is 4. The second kappa shape index (κ2) is 8.58. The predicted octanol–water partition coefficient (Wildman–Crippen LogP) is 2.23. The van der Waals surface area contributed by atoms with Crippen LogP contribution in [0.4, 0.5) is 0 Å². The minimum absolute atomic E-state index is 0.160. The molecular weight excluding hydrogens is 262 g/mol. The van der Waals surface area contributed by atoms with Crippen LogP contribution in [0.2, 0.25) is 0 Å². The highest BCUT2D eigenvalue weighted by atomic mass is 32.2. The molecule has 0 fully saturated rings. The van der Waals surface area contributed by atoms with Gasteiger partial charge in [-0.2, -0.15) is 11.8 Å². The lowest BCUT2D eigenvalue weighted by atomic mass is 10.1. The molecule has 0 aromatic heterocycles. The van der Waals surface area contributed by atoms with Gasteiger partial charge < -0.3 is 10.1 Å². The third kappa shape index (κ3) is 5.79. The smallest absolute Gasteiger partial charge is 0.307 e. The molecule has 0 heterocycles. The molecule has 4 nitrogen and oxygen atoms in total. The number of carbonyl (C=O) groups is 2. The minimum atomic E-state index is -0.293. The van der Waals surface area contributed by atoms with Crippen molar-refractivity contribution in [1.29, 1.82) is 0 Å². The molecule has 1 amide bonds. The zero-order valence-electron chi connectivity index (χ0n) is 11.3. The fourth-order valence-electron chi connectivity index (χ4n) is 1.58. The third-order valence-corrected chi connectivity index (χ3v) is 3.04. The lowest BCUT2D eigenvalue weighted by Crippen LogP contribution is -2.26. The Morgan fingerprint density at radius 3 is 2.84 bits per heavy atom. The SMILES string of the molecule is CCOC(=O)CCNC(=O)c1cccc(CSC)c1. The van der Waals surface area contributed by atoms with Crippen molar-refractivity contribution in [3.8, 4) is 0 Å². The van der Waals surface area contributed by atoms with Crippen molar-refractivity contribution < 1.29 is 14.3 Å². The van der Waals surface area contributed by atoms with E-state index in [1.165, 1.54) is 0 Å². The van der Waals surface area contributed by atoms with Crippen molar-refractivity contribution in [3.05, 3.63) is 35.4 Å². The maximum Gasteiger partial charge on any atom is 0.307 e. The van der Waals surface area contributed by atoms with Crippen LogP contribution in [0, 0.1) is 0 Å². The summed E-state index contributed by atoms with van der Waals surface area (Å²) in [6.45, 7) is 2.42. The first-order valence-electron chi connectivity index (χ1n) is 6.19. The van der Waals surface area contributed by atoms with Crippen molar-refractivity contribution in [3.63, 3.8) is 0 Å². The van der Waals surface area contributed by atoms with E-state index in [1.54, 1.807) is 24.8 Å². The summed E-state index contributed by atoms with van der Waals surface area (Å²) in [5.41, 5.74) is 1.74. The highest BCUT2D eigenvalue weighted by Crippen LogP contribution is 2.11. The first-order valence-corrected chi connectivity index (χ1v) is 7.58. The second-order valence-electron chi connectivity index (χ2n) is 3.94. The number of carbonyl (C=O) groups excluding carboxylic acids is 2. The first-order chi connectivity index (χ1) is 9.17. The molecule has 0 aliphatic heterocycles. The van der Waals surface area contributed by atoms with Crippen molar-refractivity contribution >= 4 is 23.6 Å². The Labute approximate surface area is 117 Å². The van der Waals surface area contributed by atoms with Gasteiger partial charge in [0.1, 0.15) is 0 Å². The van der Waals surface area contributed by atoms with Gasteiger partial charge in [0, 0.05) is 17.9 Å². The number of amides is 1. The molecule has 0 spiro atoms. The van der Waals surface area contributed by atoms with E-state index >= 15 is 0 Å². The van der Waals surface area contributed by atoms with Gasteiger partial charge in [-0.25, -0.2) is 0 Å². The zero-order valence-corrected chi connectivity index (χ0v) is 12.1. The number of benzene rings is 1. The van der Waals surface area contributed by atoms with E-state index in [4.69, 9.17) is 4.74 Å². The van der Waals surface area contributed by atoms with E-state index in [-0.39, 0.29) is 18.3 Å². The van der Waals surface area contributed by atoms with Gasteiger partial charge >= 0.3 is 5.97 Å². The van der Waals surface area contributed by atoms with Gasteiger partial charge in [-0.15, -0.1) is 0 Å². The zero-order chi connectivity index (χ0) is 14.1. The largest absolute Gasteiger partial charge is 0.466 e. The Morgan fingerprint density at radius 2 is 2.16 bits per heavy atom. The quantitative estimate of drug-likeness (QED) is 0.779. The van der Waals surface area contributed by atoms with Gasteiger partial charge in [0.15, 0.2) is 0 Å². The number of nitrogens with one attached hydrogen (secondary N) is 1. The minimum Gasteiger partial charge on any atom is -0.466 e. The molecule has 1 aromatic rings. The molecule has 0 bridgehead atoms. The van der Waals surface area contributed by atoms with Crippen LogP contribution in [0.3, 0.4) is 0 Å². The number of esters is 1. The third-order valence-electron chi connectivity index (χ3n) is 2.42. The summed E-state index contributed by atoms with van der Waals surface area (Å²) in [5.74, 6) is 0.426. The van der Waals surface area contributed by atoms with Crippen molar-refractivity contribution in [2.45, 2.75) is 19.1 Å². The Balaban J connectivity index is 2.44. The molecule has 0 aliphatic carbocycles.